The molecule has 0 radical (unpaired) electrons. The maximum Gasteiger partial charge on any atom is 0.388 e. The number of methoxy groups -OCH3 is 4. The highest BCUT2D eigenvalue weighted by atomic mass is 32.7. The Labute approximate surface area is 176 Å². The van der Waals surface area contributed by atoms with E-state index in [1.807, 2.05) is 0 Å². The Balaban J connectivity index is 2.13. The predicted octanol–water partition coefficient (Wildman–Crippen LogP) is 4.23. The van der Waals surface area contributed by atoms with Gasteiger partial charge >= 0.3 is 6.80 Å². The first-order chi connectivity index (χ1) is 14.3. The molecule has 11 heteroatoms. The molecule has 30 heavy (non-hydrogen) atoms. The van der Waals surface area contributed by atoms with Crippen molar-refractivity contribution >= 4 is 18.2 Å². The molecular weight excluding hydrogens is 433 g/mol. The third kappa shape index (κ3) is 4.57. The molecule has 0 aliphatic heterocycles. The van der Waals surface area contributed by atoms with Gasteiger partial charge in [0.2, 0.25) is 5.75 Å². The van der Waals surface area contributed by atoms with Gasteiger partial charge in [0.1, 0.15) is 5.75 Å². The molecule has 0 bridgehead atoms. The second kappa shape index (κ2) is 9.01. The lowest BCUT2D eigenvalue weighted by Crippen LogP contribution is -1.95. The van der Waals surface area contributed by atoms with E-state index in [-0.39, 0.29) is 0 Å². The summed E-state index contributed by atoms with van der Waals surface area (Å²) in [5.41, 5.74) is 1.87. The normalized spacial score (nSPS) is 11.3. The monoisotopic (exact) mass is 453 g/mol. The number of aromatic nitrogens is 1. The van der Waals surface area contributed by atoms with Gasteiger partial charge in [0, 0.05) is 11.1 Å². The van der Waals surface area contributed by atoms with Crippen molar-refractivity contribution in [3.63, 3.8) is 0 Å². The summed E-state index contributed by atoms with van der Waals surface area (Å²) in [7, 11) is 5.96. The summed E-state index contributed by atoms with van der Waals surface area (Å²) < 4.78 is 38.3. The van der Waals surface area contributed by atoms with Crippen molar-refractivity contribution in [2.75, 3.05) is 28.4 Å². The molecule has 0 aliphatic rings. The quantitative estimate of drug-likeness (QED) is 0.479. The highest BCUT2D eigenvalue weighted by Gasteiger charge is 2.22. The number of nitrogens with zero attached hydrogens (tertiary/aromatic N) is 1. The Morgan fingerprint density at radius 2 is 1.53 bits per heavy atom. The van der Waals surface area contributed by atoms with Crippen molar-refractivity contribution in [1.82, 2.24) is 5.16 Å². The van der Waals surface area contributed by atoms with E-state index in [0.29, 0.717) is 61.7 Å². The Kier molecular flexibility index (Phi) is 6.62. The second-order valence-corrected chi connectivity index (χ2v) is 9.51. The molecular formula is C19H20NO8PS. The minimum absolute atomic E-state index is 0.292. The van der Waals surface area contributed by atoms with E-state index < -0.39 is 6.80 Å². The van der Waals surface area contributed by atoms with Crippen LogP contribution in [0.1, 0.15) is 0 Å². The standard InChI is InChI=1S/C19H20NO8PS/c1-24-14-6-5-11(9-17(14)30-29(21,22)23)13-10-20-28-18(13)12-7-15(25-2)19(27-4)16(8-12)26-3/h5-10H,1-4H3,(H2,21,22,23). The van der Waals surface area contributed by atoms with Crippen molar-refractivity contribution in [3.05, 3.63) is 36.5 Å². The first-order valence-electron chi connectivity index (χ1n) is 8.50. The van der Waals surface area contributed by atoms with Gasteiger partial charge in [-0.15, -0.1) is 0 Å². The first kappa shape index (κ1) is 22.0. The Morgan fingerprint density at radius 3 is 2.07 bits per heavy atom. The van der Waals surface area contributed by atoms with Crippen LogP contribution >= 0.6 is 18.2 Å². The van der Waals surface area contributed by atoms with Crippen LogP contribution in [0.3, 0.4) is 0 Å². The molecule has 0 fully saturated rings. The van der Waals surface area contributed by atoms with Crippen molar-refractivity contribution < 1.29 is 37.8 Å². The van der Waals surface area contributed by atoms with Gasteiger partial charge in [0.05, 0.1) is 39.5 Å². The van der Waals surface area contributed by atoms with Crippen LogP contribution in [0.4, 0.5) is 0 Å². The fourth-order valence-corrected chi connectivity index (χ4v) is 4.78. The summed E-state index contributed by atoms with van der Waals surface area (Å²) in [6.45, 7) is -4.37. The lowest BCUT2D eigenvalue weighted by Gasteiger charge is -2.14. The zero-order valence-corrected chi connectivity index (χ0v) is 18.3. The van der Waals surface area contributed by atoms with Crippen molar-refractivity contribution in [2.24, 2.45) is 0 Å². The molecule has 2 aromatic carbocycles. The molecule has 1 heterocycles. The van der Waals surface area contributed by atoms with Gasteiger partial charge in [0.15, 0.2) is 17.3 Å². The lowest BCUT2D eigenvalue weighted by molar-refractivity contribution is 0.324. The molecule has 0 spiro atoms. The Morgan fingerprint density at radius 1 is 0.900 bits per heavy atom. The highest BCUT2D eigenvalue weighted by Crippen LogP contribution is 2.57. The van der Waals surface area contributed by atoms with E-state index in [2.05, 4.69) is 5.16 Å². The minimum Gasteiger partial charge on any atom is -0.496 e. The Bertz CT molecular complexity index is 1070. The largest absolute Gasteiger partial charge is 0.496 e. The average molecular weight is 453 g/mol. The van der Waals surface area contributed by atoms with Gasteiger partial charge in [-0.25, -0.2) is 4.57 Å². The summed E-state index contributed by atoms with van der Waals surface area (Å²) in [5.74, 6) is 2.10. The number of rotatable bonds is 8. The van der Waals surface area contributed by atoms with Crippen LogP contribution in [0.25, 0.3) is 22.5 Å². The van der Waals surface area contributed by atoms with Crippen LogP contribution in [0, 0.1) is 0 Å². The summed E-state index contributed by atoms with van der Waals surface area (Å²) in [4.78, 5) is 19.0. The summed E-state index contributed by atoms with van der Waals surface area (Å²) in [6, 6.07) is 8.42. The van der Waals surface area contributed by atoms with E-state index in [9.17, 15) is 14.4 Å². The van der Waals surface area contributed by atoms with E-state index in [4.69, 9.17) is 23.5 Å². The zero-order chi connectivity index (χ0) is 21.9. The maximum atomic E-state index is 11.5. The second-order valence-electron chi connectivity index (χ2n) is 5.93. The third-order valence-electron chi connectivity index (χ3n) is 4.19. The van der Waals surface area contributed by atoms with Crippen molar-refractivity contribution in [2.45, 2.75) is 4.90 Å². The molecule has 1 aromatic heterocycles. The van der Waals surface area contributed by atoms with Gasteiger partial charge in [-0.2, -0.15) is 0 Å². The number of ether oxygens (including phenoxy) is 4. The number of hydrogen-bond donors (Lipinski definition) is 2. The maximum absolute atomic E-state index is 11.5. The molecule has 9 nitrogen and oxygen atoms in total. The van der Waals surface area contributed by atoms with E-state index in [0.717, 1.165) is 0 Å². The minimum atomic E-state index is -4.37. The molecule has 0 saturated heterocycles. The van der Waals surface area contributed by atoms with Crippen molar-refractivity contribution in [3.8, 4) is 45.4 Å². The van der Waals surface area contributed by atoms with Gasteiger partial charge in [0.25, 0.3) is 0 Å². The molecule has 160 valence electrons. The molecule has 0 saturated carbocycles. The van der Waals surface area contributed by atoms with E-state index in [1.165, 1.54) is 34.6 Å². The lowest BCUT2D eigenvalue weighted by atomic mass is 10.0. The van der Waals surface area contributed by atoms with Gasteiger partial charge < -0.3 is 33.3 Å². The highest BCUT2D eigenvalue weighted by molar-refractivity contribution is 8.54. The van der Waals surface area contributed by atoms with Gasteiger partial charge in [-0.3, -0.25) is 0 Å². The molecule has 0 aliphatic carbocycles. The topological polar surface area (TPSA) is 120 Å². The molecule has 3 rings (SSSR count). The predicted molar refractivity (Wildman–Crippen MR) is 111 cm³/mol. The van der Waals surface area contributed by atoms with Crippen LogP contribution in [-0.4, -0.2) is 43.4 Å². The molecule has 2 N–H and O–H groups in total. The summed E-state index contributed by atoms with van der Waals surface area (Å²) in [5, 5.41) is 3.90. The van der Waals surface area contributed by atoms with E-state index >= 15 is 0 Å². The van der Waals surface area contributed by atoms with Gasteiger partial charge in [-0.1, -0.05) is 11.2 Å². The van der Waals surface area contributed by atoms with Crippen molar-refractivity contribution in [1.29, 1.82) is 0 Å². The SMILES string of the molecule is COc1ccc(-c2cnoc2-c2cc(OC)c(OC)c(OC)c2)cc1SP(=O)(O)O. The molecule has 3 aromatic rings. The summed E-state index contributed by atoms with van der Waals surface area (Å²) in [6.07, 6.45) is 1.52. The Hall–Kier alpha value is -2.65. The summed E-state index contributed by atoms with van der Waals surface area (Å²) >= 11 is 0.416. The third-order valence-corrected chi connectivity index (χ3v) is 6.25. The fourth-order valence-electron chi connectivity index (χ4n) is 2.91. The van der Waals surface area contributed by atoms with Crippen LogP contribution in [0.5, 0.6) is 23.0 Å². The smallest absolute Gasteiger partial charge is 0.388 e. The van der Waals surface area contributed by atoms with Crippen LogP contribution in [-0.2, 0) is 4.57 Å². The van der Waals surface area contributed by atoms with Crippen LogP contribution in [0.2, 0.25) is 0 Å². The average Bonchev–Trinajstić information content (AvgIpc) is 3.21. The molecule has 0 atom stereocenters. The number of hydrogen-bond acceptors (Lipinski definition) is 8. The number of benzene rings is 2. The fraction of sp³-hybridized carbons (Fsp3) is 0.211. The first-order valence-corrected chi connectivity index (χ1v) is 11.5. The van der Waals surface area contributed by atoms with E-state index in [1.54, 1.807) is 30.3 Å². The molecule has 0 amide bonds. The zero-order valence-electron chi connectivity index (χ0n) is 16.6. The molecule has 0 unspecified atom stereocenters. The van der Waals surface area contributed by atoms with Gasteiger partial charge in [-0.05, 0) is 41.2 Å². The van der Waals surface area contributed by atoms with Crippen LogP contribution in [0.15, 0.2) is 45.9 Å². The van der Waals surface area contributed by atoms with Crippen LogP contribution < -0.4 is 18.9 Å².